The second kappa shape index (κ2) is 8.15. The van der Waals surface area contributed by atoms with Gasteiger partial charge in [0.25, 0.3) is 0 Å². The molecule has 30 heavy (non-hydrogen) atoms. The number of sulfonamides is 1. The summed E-state index contributed by atoms with van der Waals surface area (Å²) in [5.74, 6) is 2.85. The van der Waals surface area contributed by atoms with Crippen LogP contribution in [0.15, 0.2) is 17.0 Å². The third kappa shape index (κ3) is 4.37. The molecule has 6 nitrogen and oxygen atoms in total. The Morgan fingerprint density at radius 2 is 1.60 bits per heavy atom. The van der Waals surface area contributed by atoms with Crippen molar-refractivity contribution in [1.29, 1.82) is 0 Å². The summed E-state index contributed by atoms with van der Waals surface area (Å²) in [5, 5.41) is 2.93. The zero-order chi connectivity index (χ0) is 21.5. The largest absolute Gasteiger partial charge is 0.495 e. The zero-order valence-electron chi connectivity index (χ0n) is 18.3. The molecular weight excluding hydrogens is 400 g/mol. The number of methoxy groups -OCH3 is 1. The molecule has 0 heterocycles. The molecule has 0 atom stereocenters. The number of ether oxygens (including phenoxy) is 1. The SMILES string of the molecule is COc1cc(C)c(C)cc1S(=O)(=O)NCCNC(=O)CC12CC3CC(CC(C3)C1)C2. The number of benzene rings is 1. The van der Waals surface area contributed by atoms with Gasteiger partial charge in [-0.15, -0.1) is 0 Å². The second-order valence-electron chi connectivity index (χ2n) is 9.93. The van der Waals surface area contributed by atoms with E-state index in [9.17, 15) is 13.2 Å². The van der Waals surface area contributed by atoms with Crippen LogP contribution in [-0.2, 0) is 14.8 Å². The van der Waals surface area contributed by atoms with Gasteiger partial charge in [0.2, 0.25) is 15.9 Å². The van der Waals surface area contributed by atoms with Crippen LogP contribution >= 0.6 is 0 Å². The van der Waals surface area contributed by atoms with E-state index in [0.717, 1.165) is 28.9 Å². The summed E-state index contributed by atoms with van der Waals surface area (Å²) in [6.07, 6.45) is 8.29. The van der Waals surface area contributed by atoms with Gasteiger partial charge in [-0.05, 0) is 98.8 Å². The van der Waals surface area contributed by atoms with Crippen molar-refractivity contribution >= 4 is 15.9 Å². The zero-order valence-corrected chi connectivity index (χ0v) is 19.1. The van der Waals surface area contributed by atoms with Crippen molar-refractivity contribution in [2.24, 2.45) is 23.2 Å². The molecule has 5 rings (SSSR count). The van der Waals surface area contributed by atoms with E-state index in [1.807, 2.05) is 13.8 Å². The average molecular weight is 435 g/mol. The fourth-order valence-corrected chi connectivity index (χ4v) is 7.77. The number of aryl methyl sites for hydroxylation is 2. The topological polar surface area (TPSA) is 84.5 Å². The molecule has 0 radical (unpaired) electrons. The summed E-state index contributed by atoms with van der Waals surface area (Å²) in [6.45, 7) is 4.24. The third-order valence-electron chi connectivity index (χ3n) is 7.51. The van der Waals surface area contributed by atoms with Crippen molar-refractivity contribution in [2.45, 2.75) is 63.7 Å². The van der Waals surface area contributed by atoms with Gasteiger partial charge in [-0.25, -0.2) is 13.1 Å². The van der Waals surface area contributed by atoms with Gasteiger partial charge in [-0.1, -0.05) is 0 Å². The monoisotopic (exact) mass is 434 g/mol. The lowest BCUT2D eigenvalue weighted by atomic mass is 9.49. The molecule has 2 N–H and O–H groups in total. The number of amides is 1. The van der Waals surface area contributed by atoms with Gasteiger partial charge in [0, 0.05) is 19.5 Å². The summed E-state index contributed by atoms with van der Waals surface area (Å²) in [4.78, 5) is 12.7. The number of hydrogen-bond acceptors (Lipinski definition) is 4. The first-order valence-electron chi connectivity index (χ1n) is 11.1. The number of nitrogens with one attached hydrogen (secondary N) is 2. The minimum absolute atomic E-state index is 0.0555. The quantitative estimate of drug-likeness (QED) is 0.615. The van der Waals surface area contributed by atoms with Crippen molar-refractivity contribution in [3.63, 3.8) is 0 Å². The van der Waals surface area contributed by atoms with Gasteiger partial charge < -0.3 is 10.1 Å². The smallest absolute Gasteiger partial charge is 0.244 e. The first kappa shape index (κ1) is 21.6. The van der Waals surface area contributed by atoms with Gasteiger partial charge in [-0.2, -0.15) is 0 Å². The highest BCUT2D eigenvalue weighted by molar-refractivity contribution is 7.89. The lowest BCUT2D eigenvalue weighted by molar-refractivity contribution is -0.129. The Morgan fingerprint density at radius 3 is 2.17 bits per heavy atom. The lowest BCUT2D eigenvalue weighted by Crippen LogP contribution is -2.48. The van der Waals surface area contributed by atoms with Crippen molar-refractivity contribution in [2.75, 3.05) is 20.2 Å². The minimum Gasteiger partial charge on any atom is -0.495 e. The van der Waals surface area contributed by atoms with E-state index in [1.54, 1.807) is 12.1 Å². The Hall–Kier alpha value is -1.60. The van der Waals surface area contributed by atoms with Crippen LogP contribution in [0.3, 0.4) is 0 Å². The van der Waals surface area contributed by atoms with E-state index in [0.29, 0.717) is 12.2 Å². The molecule has 4 bridgehead atoms. The van der Waals surface area contributed by atoms with Crippen LogP contribution in [0.1, 0.15) is 56.1 Å². The predicted octanol–water partition coefficient (Wildman–Crippen LogP) is 3.31. The molecule has 7 heteroatoms. The van der Waals surface area contributed by atoms with Crippen LogP contribution in [0.4, 0.5) is 0 Å². The van der Waals surface area contributed by atoms with E-state index in [4.69, 9.17) is 4.74 Å². The predicted molar refractivity (Wildman–Crippen MR) is 116 cm³/mol. The molecule has 0 saturated heterocycles. The van der Waals surface area contributed by atoms with Crippen molar-refractivity contribution in [1.82, 2.24) is 10.0 Å². The van der Waals surface area contributed by atoms with Crippen LogP contribution in [0.5, 0.6) is 5.75 Å². The van der Waals surface area contributed by atoms with Crippen molar-refractivity contribution in [3.8, 4) is 5.75 Å². The number of rotatable bonds is 8. The third-order valence-corrected chi connectivity index (χ3v) is 8.99. The summed E-state index contributed by atoms with van der Waals surface area (Å²) >= 11 is 0. The normalized spacial score (nSPS) is 29.8. The summed E-state index contributed by atoms with van der Waals surface area (Å²) in [5.41, 5.74) is 2.06. The van der Waals surface area contributed by atoms with E-state index >= 15 is 0 Å². The van der Waals surface area contributed by atoms with Gasteiger partial charge in [0.15, 0.2) is 0 Å². The molecule has 1 amide bonds. The van der Waals surface area contributed by atoms with Gasteiger partial charge in [0.05, 0.1) is 7.11 Å². The van der Waals surface area contributed by atoms with Crippen LogP contribution in [-0.4, -0.2) is 34.5 Å². The van der Waals surface area contributed by atoms with Gasteiger partial charge in [-0.3, -0.25) is 4.79 Å². The molecule has 1 aromatic carbocycles. The molecule has 4 aliphatic carbocycles. The Kier molecular flexibility index (Phi) is 5.88. The molecule has 0 aromatic heterocycles. The highest BCUT2D eigenvalue weighted by Gasteiger charge is 2.51. The van der Waals surface area contributed by atoms with E-state index in [-0.39, 0.29) is 29.3 Å². The Balaban J connectivity index is 1.29. The maximum absolute atomic E-state index is 12.7. The first-order chi connectivity index (χ1) is 14.2. The van der Waals surface area contributed by atoms with E-state index in [2.05, 4.69) is 10.0 Å². The molecule has 0 unspecified atom stereocenters. The maximum Gasteiger partial charge on any atom is 0.244 e. The van der Waals surface area contributed by atoms with E-state index < -0.39 is 10.0 Å². The molecular formula is C23H34N2O4S. The minimum atomic E-state index is -3.71. The van der Waals surface area contributed by atoms with Crippen molar-refractivity contribution < 1.29 is 17.9 Å². The van der Waals surface area contributed by atoms with Gasteiger partial charge in [0.1, 0.15) is 10.6 Å². The molecule has 1 aromatic rings. The van der Waals surface area contributed by atoms with Crippen LogP contribution < -0.4 is 14.8 Å². The Morgan fingerprint density at radius 1 is 1.03 bits per heavy atom. The van der Waals surface area contributed by atoms with Crippen LogP contribution in [0.25, 0.3) is 0 Å². The maximum atomic E-state index is 12.7. The average Bonchev–Trinajstić information content (AvgIpc) is 2.65. The van der Waals surface area contributed by atoms with Crippen LogP contribution in [0, 0.1) is 37.0 Å². The second-order valence-corrected chi connectivity index (χ2v) is 11.7. The summed E-state index contributed by atoms with van der Waals surface area (Å²) in [7, 11) is -2.24. The summed E-state index contributed by atoms with van der Waals surface area (Å²) in [6, 6.07) is 3.36. The standard InChI is InChI=1S/C23H34N2O4S/c1-15-6-20(29-3)21(7-16(15)2)30(27,28)25-5-4-24-22(26)14-23-11-17-8-18(12-23)10-19(9-17)13-23/h6-7,17-19,25H,4-5,8-14H2,1-3H3,(H,24,26). The van der Waals surface area contributed by atoms with E-state index in [1.165, 1.54) is 45.6 Å². The van der Waals surface area contributed by atoms with Gasteiger partial charge >= 0.3 is 0 Å². The summed E-state index contributed by atoms with van der Waals surface area (Å²) < 4.78 is 33.3. The number of hydrogen-bond donors (Lipinski definition) is 2. The number of carbonyl (C=O) groups is 1. The molecule has 4 fully saturated rings. The molecule has 0 spiro atoms. The Bertz CT molecular complexity index is 890. The molecule has 4 saturated carbocycles. The van der Waals surface area contributed by atoms with Crippen molar-refractivity contribution in [3.05, 3.63) is 23.3 Å². The molecule has 4 aliphatic rings. The fraction of sp³-hybridized carbons (Fsp3) is 0.696. The number of carbonyl (C=O) groups excluding carboxylic acids is 1. The first-order valence-corrected chi connectivity index (χ1v) is 12.6. The highest BCUT2D eigenvalue weighted by Crippen LogP contribution is 2.61. The molecule has 166 valence electrons. The fourth-order valence-electron chi connectivity index (χ4n) is 6.51. The van der Waals surface area contributed by atoms with Crippen LogP contribution in [0.2, 0.25) is 0 Å². The lowest BCUT2D eigenvalue weighted by Gasteiger charge is -2.56. The molecule has 0 aliphatic heterocycles. The highest BCUT2D eigenvalue weighted by atomic mass is 32.2. The Labute approximate surface area is 180 Å².